The zero-order valence-corrected chi connectivity index (χ0v) is 13.8. The van der Waals surface area contributed by atoms with Gasteiger partial charge in [-0.05, 0) is 37.0 Å². The molecule has 1 aliphatic rings. The summed E-state index contributed by atoms with van der Waals surface area (Å²) < 4.78 is 37.6. The molecule has 0 bridgehead atoms. The summed E-state index contributed by atoms with van der Waals surface area (Å²) in [5, 5.41) is 0. The van der Waals surface area contributed by atoms with Crippen LogP contribution in [0.4, 0.5) is 0 Å². The van der Waals surface area contributed by atoms with Crippen molar-refractivity contribution in [3.8, 4) is 0 Å². The second-order valence-corrected chi connectivity index (χ2v) is 7.52. The van der Waals surface area contributed by atoms with Crippen molar-refractivity contribution >= 4 is 32.0 Å². The Bertz CT molecular complexity index is 620. The average Bonchev–Trinajstić information content (AvgIpc) is 2.45. The molecule has 1 aliphatic carbocycles. The number of carbonyl (C=O) groups is 1. The summed E-state index contributed by atoms with van der Waals surface area (Å²) in [5.74, 6) is -0.381. The van der Waals surface area contributed by atoms with Gasteiger partial charge in [0.05, 0.1) is 12.2 Å². The van der Waals surface area contributed by atoms with E-state index in [2.05, 4.69) is 15.9 Å². The summed E-state index contributed by atoms with van der Waals surface area (Å²) in [7, 11) is -4.48. The second kappa shape index (κ2) is 6.89. The van der Waals surface area contributed by atoms with Crippen molar-refractivity contribution in [3.63, 3.8) is 0 Å². The van der Waals surface area contributed by atoms with Crippen LogP contribution in [-0.4, -0.2) is 25.5 Å². The largest absolute Gasteiger partial charge is 0.462 e. The minimum atomic E-state index is -4.48. The Labute approximate surface area is 132 Å². The van der Waals surface area contributed by atoms with Gasteiger partial charge in [0.2, 0.25) is 0 Å². The first kappa shape index (κ1) is 16.5. The molecule has 0 amide bonds. The predicted molar refractivity (Wildman–Crippen MR) is 80.8 cm³/mol. The molecule has 0 unspecified atom stereocenters. The lowest BCUT2D eigenvalue weighted by Crippen LogP contribution is -2.18. The topological polar surface area (TPSA) is 80.7 Å². The van der Waals surface area contributed by atoms with Gasteiger partial charge in [0.25, 0.3) is 10.1 Å². The van der Waals surface area contributed by atoms with Crippen LogP contribution in [0.1, 0.15) is 42.5 Å². The molecule has 7 heteroatoms. The highest BCUT2D eigenvalue weighted by Crippen LogP contribution is 2.25. The molecule has 1 N–H and O–H groups in total. The molecular weight excluding hydrogens is 360 g/mol. The Morgan fingerprint density at radius 2 is 1.95 bits per heavy atom. The maximum absolute atomic E-state index is 12.1. The molecular formula is C14H17BrO5S. The van der Waals surface area contributed by atoms with Gasteiger partial charge in [-0.15, -0.1) is 0 Å². The molecule has 0 saturated heterocycles. The fourth-order valence-electron chi connectivity index (χ4n) is 2.50. The van der Waals surface area contributed by atoms with Crippen LogP contribution in [0.2, 0.25) is 0 Å². The van der Waals surface area contributed by atoms with Gasteiger partial charge in [-0.2, -0.15) is 8.42 Å². The zero-order valence-electron chi connectivity index (χ0n) is 11.4. The molecule has 1 fully saturated rings. The van der Waals surface area contributed by atoms with Crippen molar-refractivity contribution in [2.75, 3.05) is 6.61 Å². The smallest absolute Gasteiger partial charge is 0.339 e. The van der Waals surface area contributed by atoms with E-state index >= 15 is 0 Å². The Balaban J connectivity index is 2.11. The van der Waals surface area contributed by atoms with Gasteiger partial charge in [-0.25, -0.2) is 4.79 Å². The van der Waals surface area contributed by atoms with Gasteiger partial charge in [0.15, 0.2) is 0 Å². The number of hydrogen-bond donors (Lipinski definition) is 1. The second-order valence-electron chi connectivity index (χ2n) is 5.22. The Morgan fingerprint density at radius 1 is 1.29 bits per heavy atom. The van der Waals surface area contributed by atoms with Crippen LogP contribution in [0.15, 0.2) is 27.6 Å². The Kier molecular flexibility index (Phi) is 5.40. The highest BCUT2D eigenvalue weighted by Gasteiger charge is 2.23. The molecule has 0 atom stereocenters. The van der Waals surface area contributed by atoms with Crippen molar-refractivity contribution < 1.29 is 22.5 Å². The van der Waals surface area contributed by atoms with Gasteiger partial charge < -0.3 is 4.74 Å². The molecule has 0 aliphatic heterocycles. The Morgan fingerprint density at radius 3 is 2.57 bits per heavy atom. The molecule has 21 heavy (non-hydrogen) atoms. The summed E-state index contributed by atoms with van der Waals surface area (Å²) in [6.07, 6.45) is 5.54. The van der Waals surface area contributed by atoms with E-state index in [-0.39, 0.29) is 5.56 Å². The third-order valence-corrected chi connectivity index (χ3v) is 5.00. The highest BCUT2D eigenvalue weighted by molar-refractivity contribution is 9.10. The molecule has 1 aromatic carbocycles. The number of benzene rings is 1. The normalized spacial score (nSPS) is 16.7. The summed E-state index contributed by atoms with van der Waals surface area (Å²) in [6, 6.07) is 4.05. The standard InChI is InChI=1S/C14H17BrO5S/c15-11-6-7-12(13(8-11)21(17,18)19)14(16)20-9-10-4-2-1-3-5-10/h6-8,10H,1-5,9H2,(H,17,18,19). The molecule has 0 heterocycles. The van der Waals surface area contributed by atoms with Gasteiger partial charge in [0.1, 0.15) is 4.90 Å². The third kappa shape index (κ3) is 4.52. The number of hydrogen-bond acceptors (Lipinski definition) is 4. The summed E-state index contributed by atoms with van der Waals surface area (Å²) >= 11 is 3.11. The van der Waals surface area contributed by atoms with Crippen LogP contribution < -0.4 is 0 Å². The fraction of sp³-hybridized carbons (Fsp3) is 0.500. The molecule has 1 aromatic rings. The number of rotatable bonds is 4. The molecule has 0 aromatic heterocycles. The van der Waals surface area contributed by atoms with Gasteiger partial charge in [-0.3, -0.25) is 4.55 Å². The van der Waals surface area contributed by atoms with Gasteiger partial charge in [-0.1, -0.05) is 35.2 Å². The van der Waals surface area contributed by atoms with Crippen LogP contribution in [-0.2, 0) is 14.9 Å². The zero-order chi connectivity index (χ0) is 15.5. The lowest BCUT2D eigenvalue weighted by atomic mass is 9.90. The van der Waals surface area contributed by atoms with E-state index in [1.807, 2.05) is 0 Å². The summed E-state index contributed by atoms with van der Waals surface area (Å²) in [5.41, 5.74) is -0.142. The highest BCUT2D eigenvalue weighted by atomic mass is 79.9. The number of halogens is 1. The fourth-order valence-corrected chi connectivity index (χ4v) is 3.72. The number of esters is 1. The first-order chi connectivity index (χ1) is 9.88. The van der Waals surface area contributed by atoms with Crippen LogP contribution in [0, 0.1) is 5.92 Å². The predicted octanol–water partition coefficient (Wildman–Crippen LogP) is 3.43. The first-order valence-corrected chi connectivity index (χ1v) is 9.05. The van der Waals surface area contributed by atoms with E-state index in [0.29, 0.717) is 17.0 Å². The lowest BCUT2D eigenvalue weighted by molar-refractivity contribution is 0.0405. The Hall–Kier alpha value is -0.920. The van der Waals surface area contributed by atoms with Crippen molar-refractivity contribution in [1.29, 1.82) is 0 Å². The third-order valence-electron chi connectivity index (χ3n) is 3.62. The first-order valence-electron chi connectivity index (χ1n) is 6.82. The molecule has 116 valence electrons. The van der Waals surface area contributed by atoms with Crippen molar-refractivity contribution in [1.82, 2.24) is 0 Å². The van der Waals surface area contributed by atoms with Crippen LogP contribution in [0.5, 0.6) is 0 Å². The summed E-state index contributed by atoms with van der Waals surface area (Å²) in [4.78, 5) is 11.6. The monoisotopic (exact) mass is 376 g/mol. The van der Waals surface area contributed by atoms with Gasteiger partial charge in [0, 0.05) is 4.47 Å². The van der Waals surface area contributed by atoms with E-state index < -0.39 is 21.0 Å². The molecule has 2 rings (SSSR count). The number of ether oxygens (including phenoxy) is 1. The maximum Gasteiger partial charge on any atom is 0.339 e. The SMILES string of the molecule is O=C(OCC1CCCCC1)c1ccc(Br)cc1S(=O)(=O)O. The van der Waals surface area contributed by atoms with Gasteiger partial charge >= 0.3 is 5.97 Å². The van der Waals surface area contributed by atoms with E-state index in [0.717, 1.165) is 25.7 Å². The van der Waals surface area contributed by atoms with Crippen LogP contribution in [0.25, 0.3) is 0 Å². The molecule has 0 spiro atoms. The van der Waals surface area contributed by atoms with E-state index in [4.69, 9.17) is 4.74 Å². The van der Waals surface area contributed by atoms with E-state index in [1.165, 1.54) is 24.6 Å². The maximum atomic E-state index is 12.1. The minimum absolute atomic E-state index is 0.142. The van der Waals surface area contributed by atoms with Crippen molar-refractivity contribution in [2.24, 2.45) is 5.92 Å². The molecule has 5 nitrogen and oxygen atoms in total. The summed E-state index contributed by atoms with van der Waals surface area (Å²) in [6.45, 7) is 0.291. The minimum Gasteiger partial charge on any atom is -0.462 e. The molecule has 1 saturated carbocycles. The lowest BCUT2D eigenvalue weighted by Gasteiger charge is -2.21. The number of carbonyl (C=O) groups excluding carboxylic acids is 1. The molecule has 0 radical (unpaired) electrons. The van der Waals surface area contributed by atoms with E-state index in [1.54, 1.807) is 0 Å². The quantitative estimate of drug-likeness (QED) is 0.642. The van der Waals surface area contributed by atoms with Crippen molar-refractivity contribution in [2.45, 2.75) is 37.0 Å². The van der Waals surface area contributed by atoms with Crippen molar-refractivity contribution in [3.05, 3.63) is 28.2 Å². The van der Waals surface area contributed by atoms with Crippen LogP contribution >= 0.6 is 15.9 Å². The average molecular weight is 377 g/mol. The van der Waals surface area contributed by atoms with E-state index in [9.17, 15) is 17.8 Å². The van der Waals surface area contributed by atoms with Crippen LogP contribution in [0.3, 0.4) is 0 Å².